The number of likely N-dealkylation sites (tertiary alicyclic amines) is 1. The Kier molecular flexibility index (Phi) is 5.84. The molecule has 6 heteroatoms. The maximum Gasteiger partial charge on any atom is 0.329 e. The minimum Gasteiger partial charge on any atom is -0.456 e. The van der Waals surface area contributed by atoms with E-state index in [4.69, 9.17) is 4.74 Å². The number of ketones is 1. The van der Waals surface area contributed by atoms with Crippen molar-refractivity contribution in [2.45, 2.75) is 76.9 Å². The maximum absolute atomic E-state index is 13.7. The molecule has 1 heterocycles. The molecular weight excluding hydrogens is 418 g/mol. The van der Waals surface area contributed by atoms with E-state index in [2.05, 4.69) is 13.8 Å². The number of β-amino-alcohol motifs (C(OH)–C–C–N with tert-alkyl or cyclic N) is 1. The summed E-state index contributed by atoms with van der Waals surface area (Å²) in [6.07, 6.45) is 5.89. The molecule has 1 aromatic rings. The van der Waals surface area contributed by atoms with Gasteiger partial charge in [-0.05, 0) is 67.8 Å². The molecule has 0 radical (unpaired) electrons. The highest BCUT2D eigenvalue weighted by Gasteiger charge is 2.57. The monoisotopic (exact) mass is 453 g/mol. The molecule has 1 saturated heterocycles. The van der Waals surface area contributed by atoms with Gasteiger partial charge < -0.3 is 14.7 Å². The largest absolute Gasteiger partial charge is 0.456 e. The zero-order valence-electron chi connectivity index (χ0n) is 19.7. The summed E-state index contributed by atoms with van der Waals surface area (Å²) in [7, 11) is 0. The molecule has 0 spiro atoms. The van der Waals surface area contributed by atoms with Crippen LogP contribution in [0.15, 0.2) is 24.3 Å². The number of aliphatic hydroxyl groups is 1. The number of ether oxygens (including phenoxy) is 1. The number of aliphatic hydroxyl groups excluding tert-OH is 1. The van der Waals surface area contributed by atoms with Crippen molar-refractivity contribution >= 4 is 17.7 Å². The van der Waals surface area contributed by atoms with Gasteiger partial charge in [-0.3, -0.25) is 9.59 Å². The first-order chi connectivity index (χ1) is 15.7. The van der Waals surface area contributed by atoms with Gasteiger partial charge in [0.15, 0.2) is 12.4 Å². The van der Waals surface area contributed by atoms with Crippen molar-refractivity contribution in [2.24, 2.45) is 23.2 Å². The highest BCUT2D eigenvalue weighted by atomic mass is 16.5. The van der Waals surface area contributed by atoms with Gasteiger partial charge in [-0.15, -0.1) is 0 Å². The standard InChI is InChI=1S/C27H35NO5/c1-16(2)20-3-5-21(6-4-20)24(30)15-33-25(31)23-10-22(29)14-28(23)26(32)27-11-17-7-18(12-27)9-19(8-17)13-27/h3-6,16-19,22-23,29H,7-15H2,1-2H3. The number of hydrogen-bond acceptors (Lipinski definition) is 5. The fourth-order valence-corrected chi connectivity index (χ4v) is 7.31. The van der Waals surface area contributed by atoms with E-state index in [-0.39, 0.29) is 36.7 Å². The Morgan fingerprint density at radius 1 is 1.00 bits per heavy atom. The van der Waals surface area contributed by atoms with Crippen LogP contribution < -0.4 is 0 Å². The number of benzene rings is 1. The van der Waals surface area contributed by atoms with Crippen LogP contribution in [0, 0.1) is 23.2 Å². The van der Waals surface area contributed by atoms with Crippen molar-refractivity contribution in [2.75, 3.05) is 13.2 Å². The Hall–Kier alpha value is -2.21. The number of amides is 1. The third-order valence-corrected chi connectivity index (χ3v) is 8.55. The van der Waals surface area contributed by atoms with Gasteiger partial charge in [0.25, 0.3) is 0 Å². The van der Waals surface area contributed by atoms with Crippen molar-refractivity contribution in [1.82, 2.24) is 4.90 Å². The van der Waals surface area contributed by atoms with E-state index in [0.29, 0.717) is 29.2 Å². The lowest BCUT2D eigenvalue weighted by atomic mass is 9.49. The quantitative estimate of drug-likeness (QED) is 0.524. The van der Waals surface area contributed by atoms with Crippen LogP contribution in [-0.2, 0) is 14.3 Å². The lowest BCUT2D eigenvalue weighted by Gasteiger charge is -2.56. The SMILES string of the molecule is CC(C)c1ccc(C(=O)COC(=O)C2CC(O)CN2C(=O)C23CC4CC(CC(C4)C2)C3)cc1. The first kappa shape index (κ1) is 22.6. The van der Waals surface area contributed by atoms with Gasteiger partial charge in [-0.1, -0.05) is 38.1 Å². The zero-order chi connectivity index (χ0) is 23.3. The number of nitrogens with zero attached hydrogens (tertiary/aromatic N) is 1. The highest BCUT2D eigenvalue weighted by Crippen LogP contribution is 2.60. The van der Waals surface area contributed by atoms with E-state index in [9.17, 15) is 19.5 Å². The number of carbonyl (C=O) groups excluding carboxylic acids is 3. The molecule has 1 aromatic carbocycles. The lowest BCUT2D eigenvalue weighted by Crippen LogP contribution is -2.56. The van der Waals surface area contributed by atoms with Crippen molar-refractivity contribution in [1.29, 1.82) is 0 Å². The minimum atomic E-state index is -0.809. The van der Waals surface area contributed by atoms with Crippen LogP contribution in [0.1, 0.15) is 80.6 Å². The second-order valence-corrected chi connectivity index (χ2v) is 11.4. The summed E-state index contributed by atoms with van der Waals surface area (Å²) in [6, 6.07) is 6.54. The highest BCUT2D eigenvalue weighted by molar-refractivity contribution is 5.98. The van der Waals surface area contributed by atoms with Gasteiger partial charge in [0.1, 0.15) is 6.04 Å². The molecular formula is C27H35NO5. The Morgan fingerprint density at radius 2 is 1.58 bits per heavy atom. The summed E-state index contributed by atoms with van der Waals surface area (Å²) in [6.45, 7) is 3.99. The molecule has 1 N–H and O–H groups in total. The van der Waals surface area contributed by atoms with Crippen molar-refractivity contribution < 1.29 is 24.2 Å². The predicted molar refractivity (Wildman–Crippen MR) is 123 cm³/mol. The van der Waals surface area contributed by atoms with Gasteiger partial charge in [-0.25, -0.2) is 4.79 Å². The average Bonchev–Trinajstić information content (AvgIpc) is 3.17. The van der Waals surface area contributed by atoms with Crippen LogP contribution in [0.4, 0.5) is 0 Å². The molecule has 2 unspecified atom stereocenters. The molecule has 6 nitrogen and oxygen atoms in total. The number of esters is 1. The zero-order valence-corrected chi connectivity index (χ0v) is 19.7. The predicted octanol–water partition coefficient (Wildman–Crippen LogP) is 3.71. The number of Topliss-reactive ketones (excluding diaryl/α,β-unsaturated/α-hetero) is 1. The molecule has 1 amide bonds. The summed E-state index contributed by atoms with van der Waals surface area (Å²) in [4.78, 5) is 40.8. The molecule has 2 atom stereocenters. The van der Waals surface area contributed by atoms with Crippen molar-refractivity contribution in [3.8, 4) is 0 Å². The Balaban J connectivity index is 1.24. The molecule has 6 rings (SSSR count). The van der Waals surface area contributed by atoms with Gasteiger partial charge >= 0.3 is 5.97 Å². The van der Waals surface area contributed by atoms with Crippen LogP contribution in [0.3, 0.4) is 0 Å². The molecule has 5 aliphatic rings. The maximum atomic E-state index is 13.7. The Morgan fingerprint density at radius 3 is 2.12 bits per heavy atom. The molecule has 4 saturated carbocycles. The van der Waals surface area contributed by atoms with Crippen molar-refractivity contribution in [3.63, 3.8) is 0 Å². The van der Waals surface area contributed by atoms with E-state index >= 15 is 0 Å². The number of rotatable bonds is 6. The molecule has 0 aromatic heterocycles. The fraction of sp³-hybridized carbons (Fsp3) is 0.667. The van der Waals surface area contributed by atoms with E-state index in [0.717, 1.165) is 24.8 Å². The molecule has 178 valence electrons. The summed E-state index contributed by atoms with van der Waals surface area (Å²) in [5.74, 6) is 1.41. The fourth-order valence-electron chi connectivity index (χ4n) is 7.31. The summed E-state index contributed by atoms with van der Waals surface area (Å²) >= 11 is 0. The van der Waals surface area contributed by atoms with Gasteiger partial charge in [0.2, 0.25) is 5.91 Å². The van der Waals surface area contributed by atoms with Crippen molar-refractivity contribution in [3.05, 3.63) is 35.4 Å². The van der Waals surface area contributed by atoms with Gasteiger partial charge in [-0.2, -0.15) is 0 Å². The minimum absolute atomic E-state index is 0.0238. The second kappa shape index (κ2) is 8.53. The van der Waals surface area contributed by atoms with E-state index in [1.807, 2.05) is 12.1 Å². The van der Waals surface area contributed by atoms with Crippen LogP contribution in [-0.4, -0.2) is 53.0 Å². The first-order valence-electron chi connectivity index (χ1n) is 12.5. The first-order valence-corrected chi connectivity index (χ1v) is 12.5. The molecule has 5 fully saturated rings. The molecule has 1 aliphatic heterocycles. The summed E-state index contributed by atoms with van der Waals surface area (Å²) in [5, 5.41) is 10.3. The van der Waals surface area contributed by atoms with E-state index < -0.39 is 18.1 Å². The van der Waals surface area contributed by atoms with Crippen LogP contribution in [0.5, 0.6) is 0 Å². The third kappa shape index (κ3) is 4.23. The normalized spacial score (nSPS) is 34.7. The van der Waals surface area contributed by atoms with Crippen LogP contribution >= 0.6 is 0 Å². The lowest BCUT2D eigenvalue weighted by molar-refractivity contribution is -0.165. The second-order valence-electron chi connectivity index (χ2n) is 11.4. The molecule has 4 aliphatic carbocycles. The number of hydrogen-bond donors (Lipinski definition) is 1. The smallest absolute Gasteiger partial charge is 0.329 e. The molecule has 33 heavy (non-hydrogen) atoms. The van der Waals surface area contributed by atoms with E-state index in [1.165, 1.54) is 19.3 Å². The summed E-state index contributed by atoms with van der Waals surface area (Å²) in [5.41, 5.74) is 1.27. The van der Waals surface area contributed by atoms with Crippen LogP contribution in [0.25, 0.3) is 0 Å². The Bertz CT molecular complexity index is 901. The number of carbonyl (C=O) groups is 3. The average molecular weight is 454 g/mol. The van der Waals surface area contributed by atoms with Crippen LogP contribution in [0.2, 0.25) is 0 Å². The Labute approximate surface area is 195 Å². The molecule has 4 bridgehead atoms. The van der Waals surface area contributed by atoms with E-state index in [1.54, 1.807) is 17.0 Å². The topological polar surface area (TPSA) is 83.9 Å². The summed E-state index contributed by atoms with van der Waals surface area (Å²) < 4.78 is 5.37. The van der Waals surface area contributed by atoms with Gasteiger partial charge in [0.05, 0.1) is 11.5 Å². The van der Waals surface area contributed by atoms with Gasteiger partial charge in [0, 0.05) is 18.5 Å². The third-order valence-electron chi connectivity index (χ3n) is 8.55.